The largest absolute Gasteiger partial charge is 0.497 e. The van der Waals surface area contributed by atoms with Crippen LogP contribution in [0.2, 0.25) is 5.02 Å². The van der Waals surface area contributed by atoms with Crippen molar-refractivity contribution in [1.29, 1.82) is 0 Å². The van der Waals surface area contributed by atoms with Gasteiger partial charge in [0.05, 0.1) is 7.11 Å². The third-order valence-corrected chi connectivity index (χ3v) is 5.01. The van der Waals surface area contributed by atoms with Gasteiger partial charge in [-0.1, -0.05) is 23.7 Å². The van der Waals surface area contributed by atoms with Crippen LogP contribution >= 0.6 is 11.6 Å². The van der Waals surface area contributed by atoms with Gasteiger partial charge in [-0.25, -0.2) is 0 Å². The van der Waals surface area contributed by atoms with Crippen molar-refractivity contribution in [2.75, 3.05) is 20.4 Å². The Labute approximate surface area is 142 Å². The van der Waals surface area contributed by atoms with E-state index in [4.69, 9.17) is 21.1 Å². The van der Waals surface area contributed by atoms with E-state index in [1.54, 1.807) is 7.11 Å². The zero-order valence-electron chi connectivity index (χ0n) is 13.9. The molecule has 0 fully saturated rings. The fourth-order valence-corrected chi connectivity index (χ4v) is 3.11. The number of methoxy groups -OCH3 is 1. The molecule has 0 N–H and O–H groups in total. The van der Waals surface area contributed by atoms with Gasteiger partial charge in [-0.05, 0) is 55.2 Å². The van der Waals surface area contributed by atoms with E-state index in [0.29, 0.717) is 6.73 Å². The summed E-state index contributed by atoms with van der Waals surface area (Å²) >= 11 is 6.38. The first-order chi connectivity index (χ1) is 11.1. The van der Waals surface area contributed by atoms with Gasteiger partial charge in [0.2, 0.25) is 0 Å². The first-order valence-corrected chi connectivity index (χ1v) is 8.23. The van der Waals surface area contributed by atoms with E-state index in [2.05, 4.69) is 24.0 Å². The van der Waals surface area contributed by atoms with Crippen LogP contribution in [0.4, 0.5) is 0 Å². The maximum atomic E-state index is 6.38. The molecule has 0 saturated heterocycles. The molecule has 3 rings (SSSR count). The van der Waals surface area contributed by atoms with Crippen LogP contribution in [0.5, 0.6) is 11.5 Å². The van der Waals surface area contributed by atoms with E-state index in [0.717, 1.165) is 47.2 Å². The van der Waals surface area contributed by atoms with Crippen LogP contribution in [0.1, 0.15) is 22.3 Å². The maximum Gasteiger partial charge on any atom is 0.142 e. The molecule has 23 heavy (non-hydrogen) atoms. The SMILES string of the molecule is COc1ccc(CCN2COc3cc(C)c(Cl)c(C)c3C2)cc1. The number of rotatable bonds is 4. The summed E-state index contributed by atoms with van der Waals surface area (Å²) in [6.07, 6.45) is 0.987. The summed E-state index contributed by atoms with van der Waals surface area (Å²) in [4.78, 5) is 2.31. The second kappa shape index (κ2) is 6.81. The van der Waals surface area contributed by atoms with Gasteiger partial charge < -0.3 is 9.47 Å². The van der Waals surface area contributed by atoms with Gasteiger partial charge in [0, 0.05) is 23.7 Å². The van der Waals surface area contributed by atoms with Crippen molar-refractivity contribution in [2.24, 2.45) is 0 Å². The molecule has 122 valence electrons. The van der Waals surface area contributed by atoms with Crippen molar-refractivity contribution in [3.63, 3.8) is 0 Å². The van der Waals surface area contributed by atoms with Gasteiger partial charge in [-0.15, -0.1) is 0 Å². The van der Waals surface area contributed by atoms with Crippen molar-refractivity contribution < 1.29 is 9.47 Å². The average Bonchev–Trinajstić information content (AvgIpc) is 2.59. The zero-order valence-corrected chi connectivity index (χ0v) is 14.6. The molecule has 1 aliphatic rings. The van der Waals surface area contributed by atoms with Crippen molar-refractivity contribution in [3.8, 4) is 11.5 Å². The molecule has 0 aliphatic carbocycles. The topological polar surface area (TPSA) is 21.7 Å². The van der Waals surface area contributed by atoms with Crippen LogP contribution in [-0.4, -0.2) is 25.3 Å². The van der Waals surface area contributed by atoms with Gasteiger partial charge in [-0.3, -0.25) is 4.90 Å². The molecule has 0 amide bonds. The van der Waals surface area contributed by atoms with Crippen molar-refractivity contribution >= 4 is 11.6 Å². The number of ether oxygens (including phenoxy) is 2. The molecule has 0 bridgehead atoms. The molecule has 1 aliphatic heterocycles. The maximum absolute atomic E-state index is 6.38. The van der Waals surface area contributed by atoms with E-state index >= 15 is 0 Å². The van der Waals surface area contributed by atoms with Crippen molar-refractivity contribution in [3.05, 3.63) is 57.6 Å². The third kappa shape index (κ3) is 3.46. The molecule has 0 aromatic heterocycles. The highest BCUT2D eigenvalue weighted by molar-refractivity contribution is 6.32. The molecular formula is C19H22ClNO2. The normalized spacial score (nSPS) is 14.3. The monoisotopic (exact) mass is 331 g/mol. The Kier molecular flexibility index (Phi) is 4.79. The Balaban J connectivity index is 1.66. The van der Waals surface area contributed by atoms with Crippen molar-refractivity contribution in [2.45, 2.75) is 26.8 Å². The smallest absolute Gasteiger partial charge is 0.142 e. The Morgan fingerprint density at radius 3 is 2.65 bits per heavy atom. The third-order valence-electron chi connectivity index (χ3n) is 4.43. The number of hydrogen-bond acceptors (Lipinski definition) is 3. The van der Waals surface area contributed by atoms with Gasteiger partial charge in [0.25, 0.3) is 0 Å². The van der Waals surface area contributed by atoms with E-state index in [1.165, 1.54) is 11.1 Å². The fraction of sp³-hybridized carbons (Fsp3) is 0.368. The van der Waals surface area contributed by atoms with Crippen LogP contribution in [0.3, 0.4) is 0 Å². The predicted octanol–water partition coefficient (Wildman–Crippen LogP) is 4.36. The lowest BCUT2D eigenvalue weighted by atomic mass is 10.0. The minimum absolute atomic E-state index is 0.629. The fourth-order valence-electron chi connectivity index (χ4n) is 2.94. The number of halogens is 1. The molecule has 2 aromatic carbocycles. The summed E-state index contributed by atoms with van der Waals surface area (Å²) in [6.45, 7) is 6.57. The molecule has 0 saturated carbocycles. The Hall–Kier alpha value is -1.71. The Morgan fingerprint density at radius 1 is 1.22 bits per heavy atom. The highest BCUT2D eigenvalue weighted by atomic mass is 35.5. The highest BCUT2D eigenvalue weighted by Crippen LogP contribution is 2.34. The first-order valence-electron chi connectivity index (χ1n) is 7.85. The Morgan fingerprint density at radius 2 is 1.96 bits per heavy atom. The van der Waals surface area contributed by atoms with Gasteiger partial charge >= 0.3 is 0 Å². The van der Waals surface area contributed by atoms with Crippen LogP contribution in [0.15, 0.2) is 30.3 Å². The standard InChI is InChI=1S/C19H22ClNO2/c1-13-10-18-17(14(2)19(13)20)11-21(12-23-18)9-8-15-4-6-16(22-3)7-5-15/h4-7,10H,8-9,11-12H2,1-3H3. The molecule has 0 atom stereocenters. The Bertz CT molecular complexity index is 698. The summed E-state index contributed by atoms with van der Waals surface area (Å²) in [6, 6.07) is 10.3. The van der Waals surface area contributed by atoms with Gasteiger partial charge in [-0.2, -0.15) is 0 Å². The molecule has 3 nitrogen and oxygen atoms in total. The molecule has 2 aromatic rings. The molecule has 0 radical (unpaired) electrons. The molecule has 0 unspecified atom stereocenters. The lowest BCUT2D eigenvalue weighted by Gasteiger charge is -2.30. The van der Waals surface area contributed by atoms with Crippen LogP contribution in [0.25, 0.3) is 0 Å². The van der Waals surface area contributed by atoms with Crippen LogP contribution in [-0.2, 0) is 13.0 Å². The highest BCUT2D eigenvalue weighted by Gasteiger charge is 2.21. The second-order valence-corrected chi connectivity index (χ2v) is 6.41. The molecule has 4 heteroatoms. The number of benzene rings is 2. The summed E-state index contributed by atoms with van der Waals surface area (Å²) in [5, 5.41) is 0.851. The van der Waals surface area contributed by atoms with Crippen molar-refractivity contribution in [1.82, 2.24) is 4.90 Å². The van der Waals surface area contributed by atoms with Crippen LogP contribution < -0.4 is 9.47 Å². The minimum Gasteiger partial charge on any atom is -0.497 e. The first kappa shape index (κ1) is 16.2. The lowest BCUT2D eigenvalue weighted by molar-refractivity contribution is 0.0960. The number of aryl methyl sites for hydroxylation is 1. The second-order valence-electron chi connectivity index (χ2n) is 6.03. The van der Waals surface area contributed by atoms with E-state index in [1.807, 2.05) is 25.1 Å². The number of fused-ring (bicyclic) bond motifs is 1. The number of nitrogens with zero attached hydrogens (tertiary/aromatic N) is 1. The lowest BCUT2D eigenvalue weighted by Crippen LogP contribution is -2.34. The average molecular weight is 332 g/mol. The summed E-state index contributed by atoms with van der Waals surface area (Å²) in [7, 11) is 1.69. The quantitative estimate of drug-likeness (QED) is 0.831. The zero-order chi connectivity index (χ0) is 16.4. The van der Waals surface area contributed by atoms with E-state index in [9.17, 15) is 0 Å². The predicted molar refractivity (Wildman–Crippen MR) is 93.5 cm³/mol. The van der Waals surface area contributed by atoms with Crippen LogP contribution in [0, 0.1) is 13.8 Å². The summed E-state index contributed by atoms with van der Waals surface area (Å²) < 4.78 is 11.1. The minimum atomic E-state index is 0.629. The molecular weight excluding hydrogens is 310 g/mol. The van der Waals surface area contributed by atoms with E-state index < -0.39 is 0 Å². The summed E-state index contributed by atoms with van der Waals surface area (Å²) in [5.74, 6) is 1.87. The van der Waals surface area contributed by atoms with Gasteiger partial charge in [0.1, 0.15) is 18.2 Å². The molecule has 0 spiro atoms. The molecule has 1 heterocycles. The van der Waals surface area contributed by atoms with Gasteiger partial charge in [0.15, 0.2) is 0 Å². The number of hydrogen-bond donors (Lipinski definition) is 0. The summed E-state index contributed by atoms with van der Waals surface area (Å²) in [5.41, 5.74) is 4.72. The van der Waals surface area contributed by atoms with E-state index in [-0.39, 0.29) is 0 Å².